The molecular weight excluding hydrogens is 308 g/mol. The average molecular weight is 326 g/mol. The monoisotopic (exact) mass is 326 g/mol. The molecule has 0 radical (unpaired) electrons. The first-order valence-corrected chi connectivity index (χ1v) is 8.63. The summed E-state index contributed by atoms with van der Waals surface area (Å²) in [4.78, 5) is 13.8. The van der Waals surface area contributed by atoms with Crippen LogP contribution in [0.3, 0.4) is 0 Å². The van der Waals surface area contributed by atoms with E-state index in [0.29, 0.717) is 5.89 Å². The van der Waals surface area contributed by atoms with Crippen molar-refractivity contribution >= 4 is 16.5 Å². The molecule has 4 rings (SSSR count). The van der Waals surface area contributed by atoms with E-state index in [4.69, 9.17) is 4.42 Å². The van der Waals surface area contributed by atoms with Gasteiger partial charge in [-0.05, 0) is 12.1 Å². The van der Waals surface area contributed by atoms with Gasteiger partial charge in [-0.2, -0.15) is 0 Å². The average Bonchev–Trinajstić information content (AvgIpc) is 3.28. The fourth-order valence-corrected chi connectivity index (χ4v) is 3.49. The van der Waals surface area contributed by atoms with Crippen molar-refractivity contribution < 1.29 is 4.42 Å². The predicted octanol–water partition coefficient (Wildman–Crippen LogP) is 3.12. The van der Waals surface area contributed by atoms with Crippen LogP contribution in [0.2, 0.25) is 0 Å². The molecule has 0 saturated carbocycles. The molecule has 0 aliphatic carbocycles. The minimum Gasteiger partial charge on any atom is -0.444 e. The van der Waals surface area contributed by atoms with Crippen LogP contribution in [-0.4, -0.2) is 41.0 Å². The zero-order chi connectivity index (χ0) is 15.5. The lowest BCUT2D eigenvalue weighted by atomic mass is 10.2. The van der Waals surface area contributed by atoms with E-state index in [1.807, 2.05) is 41.9 Å². The second kappa shape index (κ2) is 6.52. The predicted molar refractivity (Wildman–Crippen MR) is 91.5 cm³/mol. The third kappa shape index (κ3) is 3.28. The van der Waals surface area contributed by atoms with E-state index in [9.17, 15) is 0 Å². The molecule has 23 heavy (non-hydrogen) atoms. The Bertz CT molecular complexity index is 733. The van der Waals surface area contributed by atoms with Gasteiger partial charge in [0.15, 0.2) is 5.13 Å². The van der Waals surface area contributed by atoms with Gasteiger partial charge in [0, 0.05) is 49.9 Å². The number of thiazole rings is 1. The summed E-state index contributed by atoms with van der Waals surface area (Å²) in [6.45, 7) is 4.90. The molecule has 2 aromatic heterocycles. The van der Waals surface area contributed by atoms with Crippen molar-refractivity contribution in [1.29, 1.82) is 0 Å². The Labute approximate surface area is 139 Å². The smallest absolute Gasteiger partial charge is 0.226 e. The molecule has 3 aromatic rings. The molecular formula is C17H18N4OS. The summed E-state index contributed by atoms with van der Waals surface area (Å²) >= 11 is 1.70. The maximum absolute atomic E-state index is 5.62. The van der Waals surface area contributed by atoms with Crippen LogP contribution in [0.1, 0.15) is 5.69 Å². The maximum Gasteiger partial charge on any atom is 0.226 e. The number of aromatic nitrogens is 2. The molecule has 1 fully saturated rings. The van der Waals surface area contributed by atoms with Crippen molar-refractivity contribution in [1.82, 2.24) is 14.9 Å². The highest BCUT2D eigenvalue weighted by atomic mass is 32.1. The number of benzene rings is 1. The highest BCUT2D eigenvalue weighted by Crippen LogP contribution is 2.21. The molecule has 0 spiro atoms. The van der Waals surface area contributed by atoms with E-state index in [0.717, 1.165) is 49.1 Å². The van der Waals surface area contributed by atoms with E-state index >= 15 is 0 Å². The summed E-state index contributed by atoms with van der Waals surface area (Å²) in [5.74, 6) is 0.696. The van der Waals surface area contributed by atoms with Crippen molar-refractivity contribution in [3.63, 3.8) is 0 Å². The molecule has 0 amide bonds. The van der Waals surface area contributed by atoms with Gasteiger partial charge in [0.2, 0.25) is 5.89 Å². The lowest BCUT2D eigenvalue weighted by molar-refractivity contribution is 0.247. The maximum atomic E-state index is 5.62. The lowest BCUT2D eigenvalue weighted by Gasteiger charge is -2.34. The number of rotatable bonds is 4. The summed E-state index contributed by atoms with van der Waals surface area (Å²) in [5.41, 5.74) is 2.01. The Morgan fingerprint density at radius 1 is 1.09 bits per heavy atom. The topological polar surface area (TPSA) is 45.4 Å². The van der Waals surface area contributed by atoms with Gasteiger partial charge < -0.3 is 9.32 Å². The number of anilines is 1. The largest absolute Gasteiger partial charge is 0.444 e. The molecule has 1 aromatic carbocycles. The van der Waals surface area contributed by atoms with Crippen LogP contribution in [0.4, 0.5) is 5.13 Å². The number of hydrogen-bond donors (Lipinski definition) is 0. The summed E-state index contributed by atoms with van der Waals surface area (Å²) in [6.07, 6.45) is 3.64. The molecule has 0 unspecified atom stereocenters. The molecule has 0 N–H and O–H groups in total. The van der Waals surface area contributed by atoms with Crippen molar-refractivity contribution in [3.8, 4) is 11.5 Å². The van der Waals surface area contributed by atoms with Gasteiger partial charge >= 0.3 is 0 Å². The molecule has 0 bridgehead atoms. The summed E-state index contributed by atoms with van der Waals surface area (Å²) in [5, 5.41) is 3.15. The van der Waals surface area contributed by atoms with Crippen LogP contribution in [-0.2, 0) is 6.54 Å². The van der Waals surface area contributed by atoms with E-state index in [1.165, 1.54) is 0 Å². The van der Waals surface area contributed by atoms with Gasteiger partial charge in [-0.1, -0.05) is 18.2 Å². The fourth-order valence-electron chi connectivity index (χ4n) is 2.79. The van der Waals surface area contributed by atoms with E-state index in [2.05, 4.69) is 19.8 Å². The Balaban J connectivity index is 1.36. The molecule has 6 heteroatoms. The van der Waals surface area contributed by atoms with Gasteiger partial charge in [-0.15, -0.1) is 11.3 Å². The second-order valence-electron chi connectivity index (χ2n) is 5.59. The van der Waals surface area contributed by atoms with Gasteiger partial charge in [-0.25, -0.2) is 9.97 Å². The van der Waals surface area contributed by atoms with Crippen LogP contribution in [0.15, 0.2) is 52.6 Å². The van der Waals surface area contributed by atoms with Crippen LogP contribution in [0.5, 0.6) is 0 Å². The van der Waals surface area contributed by atoms with E-state index in [-0.39, 0.29) is 0 Å². The first kappa shape index (κ1) is 14.4. The number of piperazine rings is 1. The summed E-state index contributed by atoms with van der Waals surface area (Å²) in [7, 11) is 0. The molecule has 0 atom stereocenters. The SMILES string of the molecule is c1ccc(-c2nc(CN3CCN(c4nccs4)CC3)co2)cc1. The Kier molecular flexibility index (Phi) is 4.08. The first-order chi connectivity index (χ1) is 11.4. The van der Waals surface area contributed by atoms with Crippen LogP contribution in [0.25, 0.3) is 11.5 Å². The standard InChI is InChI=1S/C17H18N4OS/c1-2-4-14(5-3-1)16-19-15(13-22-16)12-20-7-9-21(10-8-20)17-18-6-11-23-17/h1-6,11,13H,7-10,12H2. The highest BCUT2D eigenvalue weighted by molar-refractivity contribution is 7.13. The normalized spacial score (nSPS) is 15.9. The fraction of sp³-hybridized carbons (Fsp3) is 0.294. The van der Waals surface area contributed by atoms with Gasteiger partial charge in [0.25, 0.3) is 0 Å². The Hall–Kier alpha value is -2.18. The molecule has 5 nitrogen and oxygen atoms in total. The van der Waals surface area contributed by atoms with Crippen LogP contribution >= 0.6 is 11.3 Å². The van der Waals surface area contributed by atoms with Crippen molar-refractivity contribution in [2.75, 3.05) is 31.1 Å². The lowest BCUT2D eigenvalue weighted by Crippen LogP contribution is -2.45. The number of nitrogens with zero attached hydrogens (tertiary/aromatic N) is 4. The molecule has 3 heterocycles. The van der Waals surface area contributed by atoms with Gasteiger partial charge in [-0.3, -0.25) is 4.90 Å². The second-order valence-corrected chi connectivity index (χ2v) is 6.46. The third-order valence-corrected chi connectivity index (χ3v) is 4.85. The van der Waals surface area contributed by atoms with Gasteiger partial charge in [0.1, 0.15) is 6.26 Å². The minimum atomic E-state index is 0.696. The van der Waals surface area contributed by atoms with Gasteiger partial charge in [0.05, 0.1) is 5.69 Å². The van der Waals surface area contributed by atoms with Crippen molar-refractivity contribution in [2.45, 2.75) is 6.54 Å². The van der Waals surface area contributed by atoms with E-state index < -0.39 is 0 Å². The van der Waals surface area contributed by atoms with Crippen molar-refractivity contribution in [2.24, 2.45) is 0 Å². The molecule has 118 valence electrons. The van der Waals surface area contributed by atoms with Crippen LogP contribution < -0.4 is 4.90 Å². The Morgan fingerprint density at radius 3 is 2.65 bits per heavy atom. The molecule has 1 saturated heterocycles. The zero-order valence-corrected chi connectivity index (χ0v) is 13.6. The highest BCUT2D eigenvalue weighted by Gasteiger charge is 2.19. The number of oxazole rings is 1. The molecule has 1 aliphatic rings. The van der Waals surface area contributed by atoms with E-state index in [1.54, 1.807) is 17.6 Å². The third-order valence-electron chi connectivity index (χ3n) is 4.02. The summed E-state index contributed by atoms with van der Waals surface area (Å²) in [6, 6.07) is 10.0. The molecule has 1 aliphatic heterocycles. The zero-order valence-electron chi connectivity index (χ0n) is 12.8. The van der Waals surface area contributed by atoms with Crippen molar-refractivity contribution in [3.05, 3.63) is 53.9 Å². The Morgan fingerprint density at radius 2 is 1.91 bits per heavy atom. The minimum absolute atomic E-state index is 0.696. The number of hydrogen-bond acceptors (Lipinski definition) is 6. The van der Waals surface area contributed by atoms with Crippen LogP contribution in [0, 0.1) is 0 Å². The summed E-state index contributed by atoms with van der Waals surface area (Å²) < 4.78 is 5.62. The first-order valence-electron chi connectivity index (χ1n) is 7.75. The quantitative estimate of drug-likeness (QED) is 0.737.